The van der Waals surface area contributed by atoms with Crippen LogP contribution in [0.25, 0.3) is 0 Å². The van der Waals surface area contributed by atoms with E-state index in [9.17, 15) is 19.3 Å². The molecule has 8 heteroatoms. The number of halogens is 1. The summed E-state index contributed by atoms with van der Waals surface area (Å²) in [6.07, 6.45) is 0. The first kappa shape index (κ1) is 19.8. The SMILES string of the molecule is CCN(C(=O)C[NH+]1CCN(c2ccc([N+](=O)[O-])cc2)CC1)c1ccc(F)cc1. The molecule has 0 saturated carbocycles. The summed E-state index contributed by atoms with van der Waals surface area (Å²) in [5, 5.41) is 10.8. The summed E-state index contributed by atoms with van der Waals surface area (Å²) in [6, 6.07) is 12.5. The fourth-order valence-corrected chi connectivity index (χ4v) is 3.48. The minimum Gasteiger partial charge on any atom is -0.360 e. The zero-order valence-corrected chi connectivity index (χ0v) is 15.8. The molecule has 1 saturated heterocycles. The maximum absolute atomic E-state index is 13.1. The topological polar surface area (TPSA) is 71.1 Å². The van der Waals surface area contributed by atoms with E-state index in [-0.39, 0.29) is 17.4 Å². The first-order valence-corrected chi connectivity index (χ1v) is 9.37. The average Bonchev–Trinajstić information content (AvgIpc) is 2.70. The summed E-state index contributed by atoms with van der Waals surface area (Å²) >= 11 is 0. The highest BCUT2D eigenvalue weighted by molar-refractivity contribution is 5.93. The van der Waals surface area contributed by atoms with Gasteiger partial charge in [0.15, 0.2) is 6.54 Å². The van der Waals surface area contributed by atoms with Gasteiger partial charge in [0.2, 0.25) is 0 Å². The average molecular weight is 387 g/mol. The number of nitro groups is 1. The second-order valence-electron chi connectivity index (χ2n) is 6.80. The third-order valence-electron chi connectivity index (χ3n) is 5.05. The molecule has 1 amide bonds. The van der Waals surface area contributed by atoms with Gasteiger partial charge in [-0.15, -0.1) is 0 Å². The molecule has 1 aliphatic heterocycles. The first-order valence-electron chi connectivity index (χ1n) is 9.37. The first-order chi connectivity index (χ1) is 13.5. The van der Waals surface area contributed by atoms with Gasteiger partial charge in [0, 0.05) is 30.1 Å². The van der Waals surface area contributed by atoms with E-state index < -0.39 is 4.92 Å². The highest BCUT2D eigenvalue weighted by atomic mass is 19.1. The van der Waals surface area contributed by atoms with E-state index in [1.165, 1.54) is 29.2 Å². The number of carbonyl (C=O) groups excluding carboxylic acids is 1. The van der Waals surface area contributed by atoms with Crippen molar-refractivity contribution in [3.63, 3.8) is 0 Å². The molecule has 2 aromatic carbocycles. The number of amides is 1. The van der Waals surface area contributed by atoms with Crippen molar-refractivity contribution in [3.05, 3.63) is 64.5 Å². The van der Waals surface area contributed by atoms with Crippen LogP contribution in [0.5, 0.6) is 0 Å². The largest absolute Gasteiger partial charge is 0.360 e. The lowest BCUT2D eigenvalue weighted by atomic mass is 10.2. The molecule has 0 unspecified atom stereocenters. The van der Waals surface area contributed by atoms with Crippen LogP contribution in [0.15, 0.2) is 48.5 Å². The van der Waals surface area contributed by atoms with Gasteiger partial charge in [-0.25, -0.2) is 4.39 Å². The smallest absolute Gasteiger partial charge is 0.282 e. The number of hydrogen-bond acceptors (Lipinski definition) is 4. The molecule has 0 aliphatic carbocycles. The molecule has 7 nitrogen and oxygen atoms in total. The molecule has 1 fully saturated rings. The number of benzene rings is 2. The van der Waals surface area contributed by atoms with Crippen LogP contribution in [0.3, 0.4) is 0 Å². The molecule has 0 radical (unpaired) electrons. The van der Waals surface area contributed by atoms with Crippen LogP contribution in [-0.2, 0) is 4.79 Å². The van der Waals surface area contributed by atoms with Crippen molar-refractivity contribution in [1.29, 1.82) is 0 Å². The number of likely N-dealkylation sites (N-methyl/N-ethyl adjacent to an activating group) is 1. The lowest BCUT2D eigenvalue weighted by Crippen LogP contribution is -3.16. The van der Waals surface area contributed by atoms with Crippen molar-refractivity contribution in [2.75, 3.05) is 49.1 Å². The Labute approximate surface area is 163 Å². The minimum absolute atomic E-state index is 0.0212. The standard InChI is InChI=1S/C20H23FN4O3/c1-2-24(18-5-3-16(21)4-6-18)20(26)15-22-11-13-23(14-12-22)17-7-9-19(10-8-17)25(27)28/h3-10H,2,11-15H2,1H3/p+1. The lowest BCUT2D eigenvalue weighted by molar-refractivity contribution is -0.892. The van der Waals surface area contributed by atoms with Crippen molar-refractivity contribution in [2.45, 2.75) is 6.92 Å². The maximum Gasteiger partial charge on any atom is 0.282 e. The van der Waals surface area contributed by atoms with E-state index in [4.69, 9.17) is 0 Å². The summed E-state index contributed by atoms with van der Waals surface area (Å²) in [5.74, 6) is -0.298. The van der Waals surface area contributed by atoms with Crippen molar-refractivity contribution in [2.24, 2.45) is 0 Å². The molecule has 0 aromatic heterocycles. The highest BCUT2D eigenvalue weighted by Gasteiger charge is 2.25. The van der Waals surface area contributed by atoms with Gasteiger partial charge in [-0.1, -0.05) is 0 Å². The normalized spacial score (nSPS) is 14.7. The molecule has 1 N–H and O–H groups in total. The minimum atomic E-state index is -0.405. The highest BCUT2D eigenvalue weighted by Crippen LogP contribution is 2.19. The zero-order valence-electron chi connectivity index (χ0n) is 15.8. The molecule has 1 heterocycles. The van der Waals surface area contributed by atoms with Crippen molar-refractivity contribution in [3.8, 4) is 0 Å². The Hall–Kier alpha value is -3.00. The van der Waals surface area contributed by atoms with Gasteiger partial charge in [0.1, 0.15) is 5.82 Å². The van der Waals surface area contributed by atoms with E-state index in [0.717, 1.165) is 31.9 Å². The Morgan fingerprint density at radius 3 is 2.29 bits per heavy atom. The van der Waals surface area contributed by atoms with Crippen LogP contribution in [0.2, 0.25) is 0 Å². The summed E-state index contributed by atoms with van der Waals surface area (Å²) in [6.45, 7) is 6.01. The number of nitro benzene ring substituents is 1. The van der Waals surface area contributed by atoms with Gasteiger partial charge in [0.25, 0.3) is 11.6 Å². The van der Waals surface area contributed by atoms with Crippen LogP contribution in [-0.4, -0.2) is 50.1 Å². The summed E-state index contributed by atoms with van der Waals surface area (Å²) in [7, 11) is 0. The number of non-ortho nitro benzene ring substituents is 1. The third kappa shape index (κ3) is 4.64. The zero-order chi connectivity index (χ0) is 20.1. The molecule has 148 valence electrons. The monoisotopic (exact) mass is 387 g/mol. The van der Waals surface area contributed by atoms with Crippen molar-refractivity contribution < 1.29 is 19.0 Å². The number of carbonyl (C=O) groups is 1. The van der Waals surface area contributed by atoms with Gasteiger partial charge in [-0.3, -0.25) is 14.9 Å². The fourth-order valence-electron chi connectivity index (χ4n) is 3.48. The molecule has 0 spiro atoms. The number of quaternary nitrogens is 1. The fraction of sp³-hybridized carbons (Fsp3) is 0.350. The predicted molar refractivity (Wildman–Crippen MR) is 105 cm³/mol. The van der Waals surface area contributed by atoms with E-state index in [2.05, 4.69) is 4.90 Å². The number of nitrogens with one attached hydrogen (secondary N) is 1. The van der Waals surface area contributed by atoms with Crippen molar-refractivity contribution >= 4 is 23.0 Å². The van der Waals surface area contributed by atoms with Crippen LogP contribution in [0.1, 0.15) is 6.92 Å². The summed E-state index contributed by atoms with van der Waals surface area (Å²) < 4.78 is 13.1. The Kier molecular flexibility index (Phi) is 6.20. The van der Waals surface area contributed by atoms with Gasteiger partial charge in [-0.2, -0.15) is 0 Å². The lowest BCUT2D eigenvalue weighted by Gasteiger charge is -2.34. The Morgan fingerprint density at radius 1 is 1.14 bits per heavy atom. The molecule has 28 heavy (non-hydrogen) atoms. The summed E-state index contributed by atoms with van der Waals surface area (Å²) in [5.41, 5.74) is 1.74. The van der Waals surface area contributed by atoms with Crippen LogP contribution in [0, 0.1) is 15.9 Å². The molecule has 2 aromatic rings. The van der Waals surface area contributed by atoms with Gasteiger partial charge in [0.05, 0.1) is 31.1 Å². The van der Waals surface area contributed by atoms with Gasteiger partial charge in [-0.05, 0) is 43.3 Å². The van der Waals surface area contributed by atoms with Crippen molar-refractivity contribution in [1.82, 2.24) is 0 Å². The number of piperazine rings is 1. The van der Waals surface area contributed by atoms with E-state index in [0.29, 0.717) is 18.8 Å². The van der Waals surface area contributed by atoms with E-state index in [1.54, 1.807) is 29.2 Å². The number of anilines is 2. The summed E-state index contributed by atoms with van der Waals surface area (Å²) in [4.78, 5) is 28.1. The molecule has 3 rings (SSSR count). The molecule has 0 bridgehead atoms. The van der Waals surface area contributed by atoms with Crippen LogP contribution < -0.4 is 14.7 Å². The number of hydrogen-bond donors (Lipinski definition) is 1. The predicted octanol–water partition coefficient (Wildman–Crippen LogP) is 1.49. The van der Waals surface area contributed by atoms with E-state index >= 15 is 0 Å². The Balaban J connectivity index is 1.55. The van der Waals surface area contributed by atoms with Gasteiger partial charge < -0.3 is 14.7 Å². The Bertz CT molecular complexity index is 818. The number of nitrogens with zero attached hydrogens (tertiary/aromatic N) is 3. The molecular weight excluding hydrogens is 363 g/mol. The number of rotatable bonds is 6. The molecule has 0 atom stereocenters. The van der Waals surface area contributed by atoms with E-state index in [1.807, 2.05) is 6.92 Å². The Morgan fingerprint density at radius 2 is 1.75 bits per heavy atom. The van der Waals surface area contributed by atoms with Gasteiger partial charge >= 0.3 is 0 Å². The van der Waals surface area contributed by atoms with Crippen LogP contribution >= 0.6 is 0 Å². The van der Waals surface area contributed by atoms with Crippen LogP contribution in [0.4, 0.5) is 21.5 Å². The third-order valence-corrected chi connectivity index (χ3v) is 5.05. The second kappa shape index (κ2) is 8.79. The molecule has 1 aliphatic rings. The second-order valence-corrected chi connectivity index (χ2v) is 6.80. The maximum atomic E-state index is 13.1. The quantitative estimate of drug-likeness (QED) is 0.602. The molecular formula is C20H24FN4O3+.